The van der Waals surface area contributed by atoms with Gasteiger partial charge in [-0.3, -0.25) is 14.6 Å². The minimum absolute atomic E-state index is 0.150. The van der Waals surface area contributed by atoms with Gasteiger partial charge in [-0.2, -0.15) is 0 Å². The Morgan fingerprint density at radius 2 is 1.22 bits per heavy atom. The van der Waals surface area contributed by atoms with E-state index in [1.807, 2.05) is 4.90 Å². The number of piperidine rings is 1. The molecule has 2 heterocycles. The summed E-state index contributed by atoms with van der Waals surface area (Å²) >= 11 is 0. The Morgan fingerprint density at radius 3 is 1.76 bits per heavy atom. The molecule has 194 valence electrons. The van der Waals surface area contributed by atoms with Gasteiger partial charge in [0.2, 0.25) is 5.91 Å². The highest BCUT2D eigenvalue weighted by Crippen LogP contribution is 2.31. The molecule has 4 nitrogen and oxygen atoms in total. The molecule has 37 heavy (non-hydrogen) atoms. The lowest BCUT2D eigenvalue weighted by Crippen LogP contribution is -2.56. The van der Waals surface area contributed by atoms with Gasteiger partial charge in [-0.05, 0) is 72.5 Å². The van der Waals surface area contributed by atoms with Gasteiger partial charge in [0.1, 0.15) is 17.5 Å². The maximum Gasteiger partial charge on any atom is 0.240 e. The van der Waals surface area contributed by atoms with Crippen LogP contribution in [0.1, 0.15) is 42.0 Å². The Kier molecular flexibility index (Phi) is 7.91. The molecular formula is C30H32F3N3O. The van der Waals surface area contributed by atoms with E-state index < -0.39 is 0 Å². The largest absolute Gasteiger partial charge is 0.339 e. The van der Waals surface area contributed by atoms with Gasteiger partial charge >= 0.3 is 0 Å². The highest BCUT2D eigenvalue weighted by molar-refractivity contribution is 5.82. The first-order valence-electron chi connectivity index (χ1n) is 13.0. The fourth-order valence-electron chi connectivity index (χ4n) is 5.60. The lowest BCUT2D eigenvalue weighted by Gasteiger charge is -2.43. The number of amides is 1. The van der Waals surface area contributed by atoms with Crippen LogP contribution in [0.2, 0.25) is 0 Å². The Labute approximate surface area is 216 Å². The van der Waals surface area contributed by atoms with Crippen LogP contribution in [0.3, 0.4) is 0 Å². The number of carbonyl (C=O) groups excluding carboxylic acids is 1. The molecule has 2 fully saturated rings. The van der Waals surface area contributed by atoms with E-state index in [1.165, 1.54) is 36.4 Å². The zero-order chi connectivity index (χ0) is 25.8. The quantitative estimate of drug-likeness (QED) is 0.448. The fraction of sp³-hybridized carbons (Fsp3) is 0.367. The van der Waals surface area contributed by atoms with Crippen molar-refractivity contribution in [2.45, 2.75) is 37.9 Å². The molecule has 0 N–H and O–H groups in total. The van der Waals surface area contributed by atoms with E-state index in [-0.39, 0.29) is 35.4 Å². The van der Waals surface area contributed by atoms with Gasteiger partial charge in [-0.25, -0.2) is 13.2 Å². The van der Waals surface area contributed by atoms with E-state index >= 15 is 0 Å². The summed E-state index contributed by atoms with van der Waals surface area (Å²) in [6, 6.07) is 19.1. The maximum absolute atomic E-state index is 13.6. The number of carbonyl (C=O) groups is 1. The van der Waals surface area contributed by atoms with Crippen molar-refractivity contribution < 1.29 is 18.0 Å². The van der Waals surface area contributed by atoms with Gasteiger partial charge in [-0.15, -0.1) is 0 Å². The highest BCUT2D eigenvalue weighted by atomic mass is 19.1. The van der Waals surface area contributed by atoms with Crippen molar-refractivity contribution in [2.75, 3.05) is 32.7 Å². The summed E-state index contributed by atoms with van der Waals surface area (Å²) in [4.78, 5) is 20.1. The van der Waals surface area contributed by atoms with Crippen LogP contribution < -0.4 is 0 Å². The molecule has 7 heteroatoms. The Bertz CT molecular complexity index is 1130. The number of benzene rings is 3. The second-order valence-corrected chi connectivity index (χ2v) is 9.98. The summed E-state index contributed by atoms with van der Waals surface area (Å²) < 4.78 is 40.6. The van der Waals surface area contributed by atoms with Crippen molar-refractivity contribution in [3.8, 4) is 0 Å². The number of piperazine rings is 1. The fourth-order valence-corrected chi connectivity index (χ4v) is 5.60. The van der Waals surface area contributed by atoms with Gasteiger partial charge in [0.15, 0.2) is 0 Å². The predicted octanol–water partition coefficient (Wildman–Crippen LogP) is 5.39. The van der Waals surface area contributed by atoms with Crippen molar-refractivity contribution in [2.24, 2.45) is 0 Å². The molecule has 1 atom stereocenters. The molecular weight excluding hydrogens is 475 g/mol. The minimum Gasteiger partial charge on any atom is -0.339 e. The van der Waals surface area contributed by atoms with Crippen LogP contribution in [0, 0.1) is 17.5 Å². The number of nitrogens with zero attached hydrogens (tertiary/aromatic N) is 3. The van der Waals surface area contributed by atoms with E-state index in [4.69, 9.17) is 0 Å². The van der Waals surface area contributed by atoms with Crippen LogP contribution in [0.5, 0.6) is 0 Å². The first-order valence-corrected chi connectivity index (χ1v) is 13.0. The molecule has 0 saturated carbocycles. The lowest BCUT2D eigenvalue weighted by molar-refractivity contribution is -0.140. The summed E-state index contributed by atoms with van der Waals surface area (Å²) in [7, 11) is 0. The molecule has 3 aromatic carbocycles. The van der Waals surface area contributed by atoms with Gasteiger partial charge in [-0.1, -0.05) is 42.8 Å². The molecule has 5 rings (SSSR count). The number of likely N-dealkylation sites (tertiary alicyclic amines) is 1. The summed E-state index contributed by atoms with van der Waals surface area (Å²) in [6.45, 7) is 4.00. The zero-order valence-corrected chi connectivity index (χ0v) is 20.8. The topological polar surface area (TPSA) is 26.8 Å². The summed E-state index contributed by atoms with van der Waals surface area (Å²) in [5, 5.41) is 0. The van der Waals surface area contributed by atoms with E-state index in [0.717, 1.165) is 42.5 Å². The number of halogens is 3. The number of rotatable bonds is 6. The molecule has 3 aromatic rings. The van der Waals surface area contributed by atoms with Gasteiger partial charge < -0.3 is 4.90 Å². The van der Waals surface area contributed by atoms with Crippen LogP contribution in [-0.4, -0.2) is 59.4 Å². The SMILES string of the molecule is O=C([C@@H]1CCCCN1Cc1ccc(F)cc1)N1CCN(C(c2ccc(F)cc2)c2ccc(F)cc2)CC1. The third-order valence-corrected chi connectivity index (χ3v) is 7.56. The standard InChI is InChI=1S/C30H32F3N3O/c31-25-10-4-22(5-11-25)21-36-16-2-1-3-28(36)30(37)35-19-17-34(18-20-35)29(23-6-12-26(32)13-7-23)24-8-14-27(33)15-9-24/h4-15,28-29H,1-3,16-21H2/t28-/m0/s1. The van der Waals surface area contributed by atoms with Crippen LogP contribution >= 0.6 is 0 Å². The minimum atomic E-state index is -0.297. The molecule has 2 aliphatic rings. The second kappa shape index (κ2) is 11.5. The first kappa shape index (κ1) is 25.5. The van der Waals surface area contributed by atoms with Crippen LogP contribution in [0.4, 0.5) is 13.2 Å². The third kappa shape index (κ3) is 6.05. The van der Waals surface area contributed by atoms with E-state index in [0.29, 0.717) is 32.7 Å². The van der Waals surface area contributed by atoms with Crippen LogP contribution in [0.15, 0.2) is 72.8 Å². The average molecular weight is 508 g/mol. The third-order valence-electron chi connectivity index (χ3n) is 7.56. The van der Waals surface area contributed by atoms with E-state index in [9.17, 15) is 18.0 Å². The Balaban J connectivity index is 1.28. The molecule has 0 unspecified atom stereocenters. The molecule has 0 aromatic heterocycles. The monoisotopic (exact) mass is 507 g/mol. The normalized spacial score (nSPS) is 19.4. The summed E-state index contributed by atoms with van der Waals surface area (Å²) in [5.74, 6) is -0.696. The van der Waals surface area contributed by atoms with Gasteiger partial charge in [0.25, 0.3) is 0 Å². The summed E-state index contributed by atoms with van der Waals surface area (Å²) in [5.41, 5.74) is 2.88. The number of hydrogen-bond acceptors (Lipinski definition) is 3. The smallest absolute Gasteiger partial charge is 0.240 e. The van der Waals surface area contributed by atoms with E-state index in [1.54, 1.807) is 36.4 Å². The predicted molar refractivity (Wildman–Crippen MR) is 137 cm³/mol. The second-order valence-electron chi connectivity index (χ2n) is 9.98. The number of hydrogen-bond donors (Lipinski definition) is 0. The average Bonchev–Trinajstić information content (AvgIpc) is 2.93. The molecule has 0 spiro atoms. The zero-order valence-electron chi connectivity index (χ0n) is 20.8. The molecule has 0 bridgehead atoms. The van der Waals surface area contributed by atoms with Crippen molar-refractivity contribution in [3.63, 3.8) is 0 Å². The van der Waals surface area contributed by atoms with Crippen molar-refractivity contribution >= 4 is 5.91 Å². The van der Waals surface area contributed by atoms with Crippen molar-refractivity contribution in [1.29, 1.82) is 0 Å². The molecule has 2 aliphatic heterocycles. The maximum atomic E-state index is 13.6. The van der Waals surface area contributed by atoms with Crippen LogP contribution in [-0.2, 0) is 11.3 Å². The van der Waals surface area contributed by atoms with Crippen LogP contribution in [0.25, 0.3) is 0 Å². The van der Waals surface area contributed by atoms with E-state index in [2.05, 4.69) is 9.80 Å². The Hall–Kier alpha value is -3.16. The molecule has 0 aliphatic carbocycles. The molecule has 0 radical (unpaired) electrons. The van der Waals surface area contributed by atoms with Crippen molar-refractivity contribution in [3.05, 3.63) is 107 Å². The van der Waals surface area contributed by atoms with Crippen molar-refractivity contribution in [1.82, 2.24) is 14.7 Å². The highest BCUT2D eigenvalue weighted by Gasteiger charge is 2.35. The van der Waals surface area contributed by atoms with Gasteiger partial charge in [0.05, 0.1) is 12.1 Å². The Morgan fingerprint density at radius 1 is 0.703 bits per heavy atom. The first-order chi connectivity index (χ1) is 18.0. The lowest BCUT2D eigenvalue weighted by atomic mass is 9.96. The summed E-state index contributed by atoms with van der Waals surface area (Å²) in [6.07, 6.45) is 2.90. The van der Waals surface area contributed by atoms with Gasteiger partial charge in [0, 0.05) is 32.7 Å². The molecule has 1 amide bonds. The molecule has 2 saturated heterocycles.